The molecule has 1 heterocycles. The zero-order valence-electron chi connectivity index (χ0n) is 7.31. The molecule has 7 nitrogen and oxygen atoms in total. The highest BCUT2D eigenvalue weighted by molar-refractivity contribution is 5.88. The summed E-state index contributed by atoms with van der Waals surface area (Å²) in [5.41, 5.74) is 0. The van der Waals surface area contributed by atoms with E-state index in [9.17, 15) is 9.59 Å². The molecule has 0 fully saturated rings. The average molecular weight is 196 g/mol. The zero-order valence-corrected chi connectivity index (χ0v) is 7.31. The van der Waals surface area contributed by atoms with Crippen molar-refractivity contribution in [2.75, 3.05) is 10.6 Å². The summed E-state index contributed by atoms with van der Waals surface area (Å²) in [5.74, 6) is 0.0671. The summed E-state index contributed by atoms with van der Waals surface area (Å²) in [7, 11) is 0. The van der Waals surface area contributed by atoms with Gasteiger partial charge in [-0.25, -0.2) is 14.8 Å². The van der Waals surface area contributed by atoms with E-state index in [2.05, 4.69) is 15.3 Å². The quantitative estimate of drug-likeness (QED) is 0.639. The van der Waals surface area contributed by atoms with E-state index >= 15 is 0 Å². The number of rotatable bonds is 2. The molecular formula is C7H8N4O3. The number of nitrogens with zero attached hydrogens (tertiary/aromatic N) is 2. The van der Waals surface area contributed by atoms with Gasteiger partial charge in [-0.1, -0.05) is 0 Å². The number of carbonyl (C=O) groups excluding carboxylic acids is 1. The summed E-state index contributed by atoms with van der Waals surface area (Å²) in [6.45, 7) is 1.33. The van der Waals surface area contributed by atoms with Gasteiger partial charge in [0.25, 0.3) is 0 Å². The van der Waals surface area contributed by atoms with Gasteiger partial charge >= 0.3 is 6.09 Å². The Morgan fingerprint density at radius 1 is 1.29 bits per heavy atom. The minimum absolute atomic E-state index is 0.108. The van der Waals surface area contributed by atoms with E-state index < -0.39 is 6.09 Å². The number of hydrogen-bond acceptors (Lipinski definition) is 4. The molecule has 0 aliphatic rings. The molecule has 0 saturated heterocycles. The first-order valence-corrected chi connectivity index (χ1v) is 3.67. The SMILES string of the molecule is CC(=O)Nc1cc(NC(=O)O)ncn1. The van der Waals surface area contributed by atoms with Crippen LogP contribution in [-0.2, 0) is 4.79 Å². The monoisotopic (exact) mass is 196 g/mol. The number of carbonyl (C=O) groups is 2. The van der Waals surface area contributed by atoms with Crippen LogP contribution >= 0.6 is 0 Å². The highest BCUT2D eigenvalue weighted by Crippen LogP contribution is 2.07. The second-order valence-electron chi connectivity index (χ2n) is 2.40. The first-order chi connectivity index (χ1) is 6.58. The summed E-state index contributed by atoms with van der Waals surface area (Å²) in [5, 5.41) is 12.8. The zero-order chi connectivity index (χ0) is 10.6. The Balaban J connectivity index is 2.78. The van der Waals surface area contributed by atoms with E-state index in [-0.39, 0.29) is 17.5 Å². The van der Waals surface area contributed by atoms with Crippen LogP contribution in [0.15, 0.2) is 12.4 Å². The maximum atomic E-state index is 10.6. The third kappa shape index (κ3) is 3.05. The predicted molar refractivity (Wildman–Crippen MR) is 48.0 cm³/mol. The maximum Gasteiger partial charge on any atom is 0.410 e. The Bertz CT molecular complexity index is 334. The lowest BCUT2D eigenvalue weighted by Gasteiger charge is -2.02. The second-order valence-corrected chi connectivity index (χ2v) is 2.40. The summed E-state index contributed by atoms with van der Waals surface area (Å²) >= 11 is 0. The van der Waals surface area contributed by atoms with Crippen LogP contribution in [0.2, 0.25) is 0 Å². The van der Waals surface area contributed by atoms with Gasteiger partial charge in [-0.3, -0.25) is 10.1 Å². The van der Waals surface area contributed by atoms with Crippen LogP contribution < -0.4 is 10.6 Å². The largest absolute Gasteiger partial charge is 0.465 e. The molecule has 0 atom stereocenters. The Kier molecular flexibility index (Phi) is 2.95. The molecule has 0 aliphatic heterocycles. The minimum atomic E-state index is -1.22. The van der Waals surface area contributed by atoms with Crippen molar-refractivity contribution in [3.05, 3.63) is 12.4 Å². The van der Waals surface area contributed by atoms with Crippen LogP contribution in [0.25, 0.3) is 0 Å². The summed E-state index contributed by atoms with van der Waals surface area (Å²) < 4.78 is 0. The van der Waals surface area contributed by atoms with Crippen molar-refractivity contribution in [2.45, 2.75) is 6.92 Å². The normalized spacial score (nSPS) is 9.21. The van der Waals surface area contributed by atoms with E-state index in [1.54, 1.807) is 0 Å². The fraction of sp³-hybridized carbons (Fsp3) is 0.143. The molecule has 0 aromatic carbocycles. The molecular weight excluding hydrogens is 188 g/mol. The van der Waals surface area contributed by atoms with Crippen molar-refractivity contribution in [2.24, 2.45) is 0 Å². The summed E-state index contributed by atoms with van der Waals surface area (Å²) in [4.78, 5) is 28.2. The van der Waals surface area contributed by atoms with Crippen LogP contribution in [-0.4, -0.2) is 27.1 Å². The molecule has 0 aliphatic carbocycles. The smallest absolute Gasteiger partial charge is 0.410 e. The molecule has 74 valence electrons. The number of hydrogen-bond donors (Lipinski definition) is 3. The highest BCUT2D eigenvalue weighted by Gasteiger charge is 2.02. The van der Waals surface area contributed by atoms with Gasteiger partial charge in [0.05, 0.1) is 0 Å². The van der Waals surface area contributed by atoms with Crippen LogP contribution in [0.3, 0.4) is 0 Å². The number of amides is 2. The van der Waals surface area contributed by atoms with Gasteiger partial charge in [-0.05, 0) is 0 Å². The van der Waals surface area contributed by atoms with Crippen LogP contribution in [0.1, 0.15) is 6.92 Å². The van der Waals surface area contributed by atoms with Gasteiger partial charge in [0, 0.05) is 13.0 Å². The third-order valence-electron chi connectivity index (χ3n) is 1.21. The molecule has 14 heavy (non-hydrogen) atoms. The molecule has 0 radical (unpaired) electrons. The van der Waals surface area contributed by atoms with E-state index in [0.717, 1.165) is 6.33 Å². The first kappa shape index (κ1) is 9.90. The van der Waals surface area contributed by atoms with Gasteiger partial charge in [0.15, 0.2) is 0 Å². The highest BCUT2D eigenvalue weighted by atomic mass is 16.4. The number of anilines is 2. The lowest BCUT2D eigenvalue weighted by atomic mass is 10.5. The molecule has 3 N–H and O–H groups in total. The molecule has 0 saturated carbocycles. The van der Waals surface area contributed by atoms with E-state index in [1.165, 1.54) is 13.0 Å². The molecule has 1 aromatic heterocycles. The van der Waals surface area contributed by atoms with E-state index in [0.29, 0.717) is 0 Å². The van der Waals surface area contributed by atoms with Crippen LogP contribution in [0.4, 0.5) is 16.4 Å². The number of nitrogens with one attached hydrogen (secondary N) is 2. The lowest BCUT2D eigenvalue weighted by Crippen LogP contribution is -2.11. The van der Waals surface area contributed by atoms with Crippen molar-refractivity contribution < 1.29 is 14.7 Å². The van der Waals surface area contributed by atoms with Crippen molar-refractivity contribution in [1.82, 2.24) is 9.97 Å². The topological polar surface area (TPSA) is 104 Å². The van der Waals surface area contributed by atoms with Crippen molar-refractivity contribution >= 4 is 23.6 Å². The van der Waals surface area contributed by atoms with Gasteiger partial charge < -0.3 is 10.4 Å². The summed E-state index contributed by atoms with van der Waals surface area (Å²) in [6, 6.07) is 1.32. The fourth-order valence-electron chi connectivity index (χ4n) is 0.784. The molecule has 7 heteroatoms. The van der Waals surface area contributed by atoms with Crippen LogP contribution in [0, 0.1) is 0 Å². The first-order valence-electron chi connectivity index (χ1n) is 3.67. The molecule has 0 bridgehead atoms. The summed E-state index contributed by atoms with van der Waals surface area (Å²) in [6.07, 6.45) is -0.0752. The standard InChI is InChI=1S/C7H8N4O3/c1-4(12)10-5-2-6(9-3-8-5)11-7(13)14/h2-3H,1H3,(H,13,14)(H2,8,9,10,11,12). The molecule has 2 amide bonds. The van der Waals surface area contributed by atoms with Gasteiger partial charge in [-0.2, -0.15) is 0 Å². The Hall–Kier alpha value is -2.18. The van der Waals surface area contributed by atoms with Crippen LogP contribution in [0.5, 0.6) is 0 Å². The average Bonchev–Trinajstić information content (AvgIpc) is 2.01. The van der Waals surface area contributed by atoms with Gasteiger partial charge in [0.1, 0.15) is 18.0 Å². The Labute approximate surface area is 79.2 Å². The van der Waals surface area contributed by atoms with E-state index in [1.807, 2.05) is 5.32 Å². The number of aromatic nitrogens is 2. The predicted octanol–water partition coefficient (Wildman–Crippen LogP) is 0.525. The van der Waals surface area contributed by atoms with Crippen molar-refractivity contribution in [3.8, 4) is 0 Å². The molecule has 1 rings (SSSR count). The Morgan fingerprint density at radius 2 is 1.86 bits per heavy atom. The van der Waals surface area contributed by atoms with Crippen molar-refractivity contribution in [3.63, 3.8) is 0 Å². The maximum absolute atomic E-state index is 10.6. The molecule has 0 unspecified atom stereocenters. The van der Waals surface area contributed by atoms with E-state index in [4.69, 9.17) is 5.11 Å². The fourth-order valence-corrected chi connectivity index (χ4v) is 0.784. The Morgan fingerprint density at radius 3 is 2.36 bits per heavy atom. The molecule has 0 spiro atoms. The second kappa shape index (κ2) is 4.17. The lowest BCUT2D eigenvalue weighted by molar-refractivity contribution is -0.114. The van der Waals surface area contributed by atoms with Gasteiger partial charge in [0.2, 0.25) is 5.91 Å². The molecule has 1 aromatic rings. The van der Waals surface area contributed by atoms with Gasteiger partial charge in [-0.15, -0.1) is 0 Å². The third-order valence-corrected chi connectivity index (χ3v) is 1.21. The minimum Gasteiger partial charge on any atom is -0.465 e. The van der Waals surface area contributed by atoms with Crippen molar-refractivity contribution in [1.29, 1.82) is 0 Å². The number of carboxylic acid groups (broad SMARTS) is 1.